The Morgan fingerprint density at radius 3 is 2.94 bits per heavy atom. The molecule has 6 heteroatoms. The summed E-state index contributed by atoms with van der Waals surface area (Å²) in [4.78, 5) is 15.6. The van der Waals surface area contributed by atoms with E-state index < -0.39 is 5.97 Å². The van der Waals surface area contributed by atoms with E-state index in [2.05, 4.69) is 15.2 Å². The van der Waals surface area contributed by atoms with Crippen LogP contribution in [0.2, 0.25) is 0 Å². The summed E-state index contributed by atoms with van der Waals surface area (Å²) in [6.45, 7) is 1.91. The Bertz CT molecular complexity index is 511. The highest BCUT2D eigenvalue weighted by atomic mass is 32.2. The van der Waals surface area contributed by atoms with E-state index in [9.17, 15) is 4.79 Å². The number of hydrogen-bond acceptors (Lipinski definition) is 4. The molecule has 0 aliphatic rings. The van der Waals surface area contributed by atoms with Gasteiger partial charge in [-0.3, -0.25) is 5.10 Å². The van der Waals surface area contributed by atoms with Crippen LogP contribution < -0.4 is 0 Å². The Kier molecular flexibility index (Phi) is 2.91. The summed E-state index contributed by atoms with van der Waals surface area (Å²) in [5.74, 6) is -0.943. The number of rotatable bonds is 3. The number of nitrogens with zero attached hydrogens (tertiary/aromatic N) is 2. The molecule has 0 saturated heterocycles. The molecule has 16 heavy (non-hydrogen) atoms. The lowest BCUT2D eigenvalue weighted by Crippen LogP contribution is -1.99. The van der Waals surface area contributed by atoms with Crippen LogP contribution in [0.1, 0.15) is 15.9 Å². The lowest BCUT2D eigenvalue weighted by Gasteiger charge is -2.04. The van der Waals surface area contributed by atoms with E-state index in [1.54, 1.807) is 12.1 Å². The molecule has 1 aromatic heterocycles. The number of carboxylic acid groups (broad SMARTS) is 1. The number of hydrogen-bond donors (Lipinski definition) is 2. The van der Waals surface area contributed by atoms with Crippen molar-refractivity contribution in [3.63, 3.8) is 0 Å². The fraction of sp³-hybridized carbons (Fsp3) is 0.100. The average Bonchev–Trinajstić information content (AvgIpc) is 2.70. The van der Waals surface area contributed by atoms with Crippen LogP contribution in [-0.4, -0.2) is 26.3 Å². The number of carboxylic acids is 1. The van der Waals surface area contributed by atoms with Crippen molar-refractivity contribution >= 4 is 17.7 Å². The first-order chi connectivity index (χ1) is 7.66. The minimum absolute atomic E-state index is 0.270. The third-order valence-electron chi connectivity index (χ3n) is 1.97. The zero-order valence-corrected chi connectivity index (χ0v) is 9.28. The number of carbonyl (C=O) groups is 1. The summed E-state index contributed by atoms with van der Waals surface area (Å²) in [5, 5.41) is 16.0. The van der Waals surface area contributed by atoms with Crippen molar-refractivity contribution in [3.05, 3.63) is 35.7 Å². The van der Waals surface area contributed by atoms with Crippen LogP contribution in [0.15, 0.2) is 34.6 Å². The van der Waals surface area contributed by atoms with E-state index in [1.165, 1.54) is 18.1 Å². The van der Waals surface area contributed by atoms with E-state index in [4.69, 9.17) is 5.11 Å². The average molecular weight is 235 g/mol. The predicted molar refractivity (Wildman–Crippen MR) is 58.6 cm³/mol. The molecule has 0 fully saturated rings. The second-order valence-electron chi connectivity index (χ2n) is 3.20. The highest BCUT2D eigenvalue weighted by Gasteiger charge is 2.12. The fourth-order valence-electron chi connectivity index (χ4n) is 1.24. The number of aryl methyl sites for hydroxylation is 1. The van der Waals surface area contributed by atoms with E-state index in [-0.39, 0.29) is 5.56 Å². The first-order valence-electron chi connectivity index (χ1n) is 4.54. The summed E-state index contributed by atoms with van der Waals surface area (Å²) in [6, 6.07) is 5.18. The second-order valence-corrected chi connectivity index (χ2v) is 4.23. The second kappa shape index (κ2) is 4.36. The van der Waals surface area contributed by atoms with E-state index in [0.717, 1.165) is 5.56 Å². The maximum Gasteiger partial charge on any atom is 0.336 e. The molecule has 0 aliphatic heterocycles. The van der Waals surface area contributed by atoms with Crippen LogP contribution in [0.5, 0.6) is 0 Å². The van der Waals surface area contributed by atoms with Crippen LogP contribution in [0, 0.1) is 6.92 Å². The standard InChI is InChI=1S/C10H9N3O2S/c1-6-2-3-7(9(14)15)8(4-6)16-10-11-5-12-13-10/h2-5H,1H3,(H,14,15)(H,11,12,13). The van der Waals surface area contributed by atoms with Crippen LogP contribution in [0.25, 0.3) is 0 Å². The largest absolute Gasteiger partial charge is 0.478 e. The Balaban J connectivity index is 2.38. The van der Waals surface area contributed by atoms with Gasteiger partial charge in [0.15, 0.2) is 5.16 Å². The van der Waals surface area contributed by atoms with Crippen LogP contribution in [-0.2, 0) is 0 Å². The Morgan fingerprint density at radius 2 is 2.31 bits per heavy atom. The molecule has 0 atom stereocenters. The molecule has 0 unspecified atom stereocenters. The van der Waals surface area contributed by atoms with Crippen molar-refractivity contribution < 1.29 is 9.90 Å². The smallest absolute Gasteiger partial charge is 0.336 e. The predicted octanol–water partition coefficient (Wildman–Crippen LogP) is 1.96. The molecule has 0 radical (unpaired) electrons. The van der Waals surface area contributed by atoms with Gasteiger partial charge in [0.2, 0.25) is 0 Å². The molecule has 5 nitrogen and oxygen atoms in total. The van der Waals surface area contributed by atoms with Crippen molar-refractivity contribution in [2.45, 2.75) is 17.0 Å². The van der Waals surface area contributed by atoms with Gasteiger partial charge in [-0.15, -0.1) is 0 Å². The van der Waals surface area contributed by atoms with Gasteiger partial charge < -0.3 is 5.11 Å². The van der Waals surface area contributed by atoms with Gasteiger partial charge in [0.25, 0.3) is 0 Å². The molecule has 0 saturated carbocycles. The summed E-state index contributed by atoms with van der Waals surface area (Å²) >= 11 is 1.25. The highest BCUT2D eigenvalue weighted by Crippen LogP contribution is 2.28. The zero-order chi connectivity index (χ0) is 11.5. The van der Waals surface area contributed by atoms with Gasteiger partial charge in [-0.05, 0) is 36.4 Å². The normalized spacial score (nSPS) is 10.3. The Morgan fingerprint density at radius 1 is 1.50 bits per heavy atom. The third kappa shape index (κ3) is 2.22. The maximum atomic E-state index is 11.0. The molecule has 2 rings (SSSR count). The van der Waals surface area contributed by atoms with E-state index in [1.807, 2.05) is 13.0 Å². The quantitative estimate of drug-likeness (QED) is 0.850. The van der Waals surface area contributed by atoms with Crippen molar-refractivity contribution in [2.75, 3.05) is 0 Å². The van der Waals surface area contributed by atoms with Crippen LogP contribution in [0.4, 0.5) is 0 Å². The van der Waals surface area contributed by atoms with Crippen molar-refractivity contribution in [3.8, 4) is 0 Å². The molecular formula is C10H9N3O2S. The minimum atomic E-state index is -0.943. The Hall–Kier alpha value is -1.82. The molecular weight excluding hydrogens is 226 g/mol. The van der Waals surface area contributed by atoms with E-state index in [0.29, 0.717) is 10.1 Å². The summed E-state index contributed by atoms with van der Waals surface area (Å²) < 4.78 is 0. The number of aromatic nitrogens is 3. The summed E-state index contributed by atoms with van der Waals surface area (Å²) in [5.41, 5.74) is 1.28. The number of aromatic amines is 1. The monoisotopic (exact) mass is 235 g/mol. The van der Waals surface area contributed by atoms with Crippen molar-refractivity contribution in [2.24, 2.45) is 0 Å². The molecule has 0 aliphatic carbocycles. The number of aromatic carboxylic acids is 1. The lowest BCUT2D eigenvalue weighted by molar-refractivity contribution is 0.0693. The van der Waals surface area contributed by atoms with Gasteiger partial charge >= 0.3 is 5.97 Å². The topological polar surface area (TPSA) is 78.9 Å². The molecule has 1 aromatic carbocycles. The van der Waals surface area contributed by atoms with Gasteiger partial charge in [0, 0.05) is 4.90 Å². The summed E-state index contributed by atoms with van der Waals surface area (Å²) in [7, 11) is 0. The highest BCUT2D eigenvalue weighted by molar-refractivity contribution is 7.99. The molecule has 1 heterocycles. The van der Waals surface area contributed by atoms with E-state index >= 15 is 0 Å². The fourth-order valence-corrected chi connectivity index (χ4v) is 2.15. The lowest BCUT2D eigenvalue weighted by atomic mass is 10.1. The molecule has 2 N–H and O–H groups in total. The molecule has 82 valence electrons. The number of benzene rings is 1. The summed E-state index contributed by atoms with van der Waals surface area (Å²) in [6.07, 6.45) is 1.39. The van der Waals surface area contributed by atoms with Crippen molar-refractivity contribution in [1.82, 2.24) is 15.2 Å². The van der Waals surface area contributed by atoms with Crippen molar-refractivity contribution in [1.29, 1.82) is 0 Å². The first-order valence-corrected chi connectivity index (χ1v) is 5.35. The molecule has 0 bridgehead atoms. The first kappa shape index (κ1) is 10.7. The zero-order valence-electron chi connectivity index (χ0n) is 8.47. The third-order valence-corrected chi connectivity index (χ3v) is 2.91. The SMILES string of the molecule is Cc1ccc(C(=O)O)c(Sc2ncn[nH]2)c1. The Labute approximate surface area is 95.9 Å². The molecule has 0 amide bonds. The molecule has 0 spiro atoms. The number of H-pyrrole nitrogens is 1. The maximum absolute atomic E-state index is 11.0. The van der Waals surface area contributed by atoms with Gasteiger partial charge in [-0.25, -0.2) is 9.78 Å². The van der Waals surface area contributed by atoms with Gasteiger partial charge in [-0.2, -0.15) is 5.10 Å². The molecule has 2 aromatic rings. The van der Waals surface area contributed by atoms with Crippen LogP contribution in [0.3, 0.4) is 0 Å². The van der Waals surface area contributed by atoms with Gasteiger partial charge in [0.05, 0.1) is 5.56 Å². The van der Waals surface area contributed by atoms with Gasteiger partial charge in [-0.1, -0.05) is 6.07 Å². The van der Waals surface area contributed by atoms with Gasteiger partial charge in [0.1, 0.15) is 6.33 Å². The number of nitrogens with one attached hydrogen (secondary N) is 1. The van der Waals surface area contributed by atoms with Crippen LogP contribution >= 0.6 is 11.8 Å². The minimum Gasteiger partial charge on any atom is -0.478 e.